The maximum atomic E-state index is 12.1. The molecule has 3 N–H and O–H groups in total. The summed E-state index contributed by atoms with van der Waals surface area (Å²) in [6.45, 7) is 2.45. The number of hydrogen-bond donors (Lipinski definition) is 2. The normalized spacial score (nSPS) is 13.1. The van der Waals surface area contributed by atoms with Crippen LogP contribution in [0.5, 0.6) is 0 Å². The van der Waals surface area contributed by atoms with Crippen LogP contribution in [0, 0.1) is 5.92 Å². The number of benzene rings is 1. The lowest BCUT2D eigenvalue weighted by atomic mass is 10.0. The molecule has 0 aromatic heterocycles. The molecule has 0 radical (unpaired) electrons. The number of rotatable bonds is 6. The van der Waals surface area contributed by atoms with Gasteiger partial charge in [-0.3, -0.25) is 4.79 Å². The van der Waals surface area contributed by atoms with Crippen LogP contribution in [-0.2, 0) is 11.2 Å². The Morgan fingerprint density at radius 1 is 1.42 bits per heavy atom. The molecule has 1 rings (SSSR count). The standard InChI is InChI=1S/C14H21N3O2/c1-3-12(13(15)16-19)14(18)17(2)10-9-11-7-5-4-6-8-11/h4-8,12,19H,3,9-10H2,1-2H3,(H2,15,16). The van der Waals surface area contributed by atoms with Crippen LogP contribution >= 0.6 is 0 Å². The Morgan fingerprint density at radius 3 is 2.58 bits per heavy atom. The van der Waals surface area contributed by atoms with Gasteiger partial charge < -0.3 is 15.8 Å². The molecule has 1 amide bonds. The predicted molar refractivity (Wildman–Crippen MR) is 75.0 cm³/mol. The highest BCUT2D eigenvalue weighted by molar-refractivity contribution is 6.01. The Balaban J connectivity index is 2.57. The molecule has 5 heteroatoms. The van der Waals surface area contributed by atoms with Crippen LogP contribution in [0.3, 0.4) is 0 Å². The van der Waals surface area contributed by atoms with Crippen molar-refractivity contribution in [3.05, 3.63) is 35.9 Å². The van der Waals surface area contributed by atoms with Gasteiger partial charge in [-0.1, -0.05) is 42.4 Å². The summed E-state index contributed by atoms with van der Waals surface area (Å²) < 4.78 is 0. The van der Waals surface area contributed by atoms with E-state index in [0.717, 1.165) is 6.42 Å². The number of hydrogen-bond acceptors (Lipinski definition) is 3. The lowest BCUT2D eigenvalue weighted by Gasteiger charge is -2.22. The predicted octanol–water partition coefficient (Wildman–Crippen LogP) is 1.46. The molecule has 0 saturated carbocycles. The summed E-state index contributed by atoms with van der Waals surface area (Å²) in [4.78, 5) is 13.8. The van der Waals surface area contributed by atoms with E-state index in [9.17, 15) is 4.79 Å². The lowest BCUT2D eigenvalue weighted by molar-refractivity contribution is -0.132. The Labute approximate surface area is 113 Å². The Bertz CT molecular complexity index is 432. The number of carbonyl (C=O) groups is 1. The third-order valence-electron chi connectivity index (χ3n) is 3.13. The molecular formula is C14H21N3O2. The summed E-state index contributed by atoms with van der Waals surface area (Å²) in [6.07, 6.45) is 1.31. The molecule has 104 valence electrons. The van der Waals surface area contributed by atoms with Crippen molar-refractivity contribution in [2.24, 2.45) is 16.8 Å². The number of carbonyl (C=O) groups excluding carboxylic acids is 1. The summed E-state index contributed by atoms with van der Waals surface area (Å²) in [5, 5.41) is 11.6. The highest BCUT2D eigenvalue weighted by Gasteiger charge is 2.24. The van der Waals surface area contributed by atoms with Crippen LogP contribution in [-0.4, -0.2) is 35.4 Å². The average molecular weight is 263 g/mol. The van der Waals surface area contributed by atoms with Crippen molar-refractivity contribution in [1.29, 1.82) is 0 Å². The smallest absolute Gasteiger partial charge is 0.233 e. The van der Waals surface area contributed by atoms with Gasteiger partial charge in [0.05, 0.1) is 5.92 Å². The zero-order valence-corrected chi connectivity index (χ0v) is 11.4. The molecule has 0 aliphatic carbocycles. The minimum Gasteiger partial charge on any atom is -0.409 e. The van der Waals surface area contributed by atoms with Gasteiger partial charge in [0, 0.05) is 13.6 Å². The third-order valence-corrected chi connectivity index (χ3v) is 3.13. The monoisotopic (exact) mass is 263 g/mol. The summed E-state index contributed by atoms with van der Waals surface area (Å²) in [7, 11) is 1.73. The maximum absolute atomic E-state index is 12.1. The van der Waals surface area contributed by atoms with Crippen LogP contribution in [0.25, 0.3) is 0 Å². The van der Waals surface area contributed by atoms with Gasteiger partial charge in [-0.15, -0.1) is 0 Å². The van der Waals surface area contributed by atoms with E-state index in [4.69, 9.17) is 10.9 Å². The van der Waals surface area contributed by atoms with Crippen molar-refractivity contribution in [3.8, 4) is 0 Å². The molecule has 1 atom stereocenters. The van der Waals surface area contributed by atoms with Gasteiger partial charge in [0.15, 0.2) is 5.84 Å². The Morgan fingerprint density at radius 2 is 2.05 bits per heavy atom. The molecule has 0 aliphatic rings. The number of nitrogens with two attached hydrogens (primary N) is 1. The van der Waals surface area contributed by atoms with Crippen molar-refractivity contribution in [1.82, 2.24) is 4.90 Å². The second kappa shape index (κ2) is 7.41. The quantitative estimate of drug-likeness (QED) is 0.353. The van der Waals surface area contributed by atoms with E-state index in [2.05, 4.69) is 5.16 Å². The molecule has 0 saturated heterocycles. The number of oxime groups is 1. The van der Waals surface area contributed by atoms with Crippen molar-refractivity contribution >= 4 is 11.7 Å². The third kappa shape index (κ3) is 4.28. The van der Waals surface area contributed by atoms with E-state index >= 15 is 0 Å². The first kappa shape index (κ1) is 15.0. The first-order chi connectivity index (χ1) is 9.10. The Hall–Kier alpha value is -2.04. The molecule has 1 unspecified atom stereocenters. The first-order valence-electron chi connectivity index (χ1n) is 6.36. The fraction of sp³-hybridized carbons (Fsp3) is 0.429. The van der Waals surface area contributed by atoms with E-state index in [1.807, 2.05) is 37.3 Å². The number of nitrogens with zero attached hydrogens (tertiary/aromatic N) is 2. The fourth-order valence-electron chi connectivity index (χ4n) is 1.90. The second-order valence-electron chi connectivity index (χ2n) is 4.48. The Kier molecular flexibility index (Phi) is 5.85. The molecule has 0 fully saturated rings. The molecular weight excluding hydrogens is 242 g/mol. The second-order valence-corrected chi connectivity index (χ2v) is 4.48. The van der Waals surface area contributed by atoms with Gasteiger partial charge in [0.25, 0.3) is 0 Å². The average Bonchev–Trinajstić information content (AvgIpc) is 2.46. The van der Waals surface area contributed by atoms with E-state index < -0.39 is 5.92 Å². The molecule has 0 spiro atoms. The molecule has 0 aliphatic heterocycles. The molecule has 1 aromatic rings. The lowest BCUT2D eigenvalue weighted by Crippen LogP contribution is -2.40. The van der Waals surface area contributed by atoms with Gasteiger partial charge in [-0.05, 0) is 18.4 Å². The number of amidine groups is 1. The van der Waals surface area contributed by atoms with E-state index in [-0.39, 0.29) is 11.7 Å². The first-order valence-corrected chi connectivity index (χ1v) is 6.36. The number of likely N-dealkylation sites (N-methyl/N-ethyl adjacent to an activating group) is 1. The molecule has 0 bridgehead atoms. The van der Waals surface area contributed by atoms with E-state index in [0.29, 0.717) is 13.0 Å². The maximum Gasteiger partial charge on any atom is 0.233 e. The van der Waals surface area contributed by atoms with Crippen LogP contribution in [0.1, 0.15) is 18.9 Å². The largest absolute Gasteiger partial charge is 0.409 e. The van der Waals surface area contributed by atoms with E-state index in [1.165, 1.54) is 5.56 Å². The topological polar surface area (TPSA) is 78.9 Å². The molecule has 1 aromatic carbocycles. The summed E-state index contributed by atoms with van der Waals surface area (Å²) in [5.74, 6) is -0.696. The number of amides is 1. The van der Waals surface area contributed by atoms with Crippen molar-refractivity contribution in [3.63, 3.8) is 0 Å². The fourth-order valence-corrected chi connectivity index (χ4v) is 1.90. The van der Waals surface area contributed by atoms with Crippen molar-refractivity contribution in [2.75, 3.05) is 13.6 Å². The molecule has 5 nitrogen and oxygen atoms in total. The molecule has 19 heavy (non-hydrogen) atoms. The van der Waals surface area contributed by atoms with Crippen molar-refractivity contribution in [2.45, 2.75) is 19.8 Å². The summed E-state index contributed by atoms with van der Waals surface area (Å²) >= 11 is 0. The van der Waals surface area contributed by atoms with Crippen molar-refractivity contribution < 1.29 is 10.0 Å². The minimum atomic E-state index is -0.550. The van der Waals surface area contributed by atoms with Gasteiger partial charge in [0.2, 0.25) is 5.91 Å². The highest BCUT2D eigenvalue weighted by Crippen LogP contribution is 2.08. The summed E-state index contributed by atoms with van der Waals surface area (Å²) in [5.41, 5.74) is 6.71. The summed E-state index contributed by atoms with van der Waals surface area (Å²) in [6, 6.07) is 9.97. The van der Waals surface area contributed by atoms with Gasteiger partial charge in [-0.2, -0.15) is 0 Å². The van der Waals surface area contributed by atoms with Crippen LogP contribution in [0.4, 0.5) is 0 Å². The van der Waals surface area contributed by atoms with E-state index in [1.54, 1.807) is 11.9 Å². The van der Waals surface area contributed by atoms with Crippen LogP contribution < -0.4 is 5.73 Å². The minimum absolute atomic E-state index is 0.0286. The van der Waals surface area contributed by atoms with Gasteiger partial charge in [0.1, 0.15) is 0 Å². The van der Waals surface area contributed by atoms with Crippen LogP contribution in [0.15, 0.2) is 35.5 Å². The molecule has 0 heterocycles. The van der Waals surface area contributed by atoms with Gasteiger partial charge >= 0.3 is 0 Å². The zero-order chi connectivity index (χ0) is 14.3. The zero-order valence-electron chi connectivity index (χ0n) is 11.4. The van der Waals surface area contributed by atoms with Gasteiger partial charge in [-0.25, -0.2) is 0 Å². The SMILES string of the molecule is CCC(C(=O)N(C)CCc1ccccc1)C(N)=NO. The van der Waals surface area contributed by atoms with Crippen LogP contribution in [0.2, 0.25) is 0 Å². The highest BCUT2D eigenvalue weighted by atomic mass is 16.4.